The lowest BCUT2D eigenvalue weighted by molar-refractivity contribution is 0.105. The van der Waals surface area contributed by atoms with E-state index in [4.69, 9.17) is 4.74 Å². The molecule has 1 N–H and O–H groups in total. The molecule has 0 radical (unpaired) electrons. The van der Waals surface area contributed by atoms with Gasteiger partial charge < -0.3 is 10.1 Å². The molecule has 0 aliphatic heterocycles. The molecule has 0 bridgehead atoms. The molecule has 0 saturated heterocycles. The van der Waals surface area contributed by atoms with Crippen molar-refractivity contribution in [2.75, 3.05) is 26.3 Å². The zero-order chi connectivity index (χ0) is 12.6. The van der Waals surface area contributed by atoms with Crippen LogP contribution in [0.15, 0.2) is 0 Å². The number of ether oxygens (including phenoxy) is 1. The van der Waals surface area contributed by atoms with Crippen LogP contribution >= 0.6 is 0 Å². The van der Waals surface area contributed by atoms with Gasteiger partial charge in [-0.3, -0.25) is 0 Å². The molecular formula is C14H31NO. The Kier molecular flexibility index (Phi) is 8.04. The van der Waals surface area contributed by atoms with Crippen LogP contribution in [0.4, 0.5) is 0 Å². The van der Waals surface area contributed by atoms with Gasteiger partial charge >= 0.3 is 0 Å². The van der Waals surface area contributed by atoms with Gasteiger partial charge in [-0.2, -0.15) is 0 Å². The molecule has 0 fully saturated rings. The Balaban J connectivity index is 3.92. The molecule has 1 unspecified atom stereocenters. The summed E-state index contributed by atoms with van der Waals surface area (Å²) in [5.74, 6) is 1.42. The van der Waals surface area contributed by atoms with Gasteiger partial charge in [0.05, 0.1) is 0 Å². The molecule has 1 atom stereocenters. The fraction of sp³-hybridized carbons (Fsp3) is 1.00. The van der Waals surface area contributed by atoms with Gasteiger partial charge in [0.25, 0.3) is 0 Å². The number of hydrogen-bond acceptors (Lipinski definition) is 2. The minimum atomic E-state index is 0.362. The van der Waals surface area contributed by atoms with Crippen LogP contribution in [-0.4, -0.2) is 26.3 Å². The van der Waals surface area contributed by atoms with Crippen molar-refractivity contribution in [2.24, 2.45) is 17.3 Å². The number of hydrogen-bond donors (Lipinski definition) is 1. The zero-order valence-corrected chi connectivity index (χ0v) is 12.1. The quantitative estimate of drug-likeness (QED) is 0.645. The standard InChI is InChI=1S/C14H31NO/c1-7-16-9-8-13(14(4,5)6)11-15-10-12(2)3/h12-13,15H,7-11H2,1-6H3. The minimum Gasteiger partial charge on any atom is -0.382 e. The fourth-order valence-electron chi connectivity index (χ4n) is 1.76. The number of nitrogens with one attached hydrogen (secondary N) is 1. The Morgan fingerprint density at radius 3 is 2.19 bits per heavy atom. The van der Waals surface area contributed by atoms with E-state index in [-0.39, 0.29) is 0 Å². The summed E-state index contributed by atoms with van der Waals surface area (Å²) in [6, 6.07) is 0. The summed E-state index contributed by atoms with van der Waals surface area (Å²) < 4.78 is 5.46. The van der Waals surface area contributed by atoms with Gasteiger partial charge in [0, 0.05) is 13.2 Å². The van der Waals surface area contributed by atoms with Crippen molar-refractivity contribution in [3.8, 4) is 0 Å². The summed E-state index contributed by atoms with van der Waals surface area (Å²) in [5.41, 5.74) is 0.362. The molecule has 0 heterocycles. The van der Waals surface area contributed by atoms with E-state index in [0.717, 1.165) is 38.6 Å². The van der Waals surface area contributed by atoms with Crippen LogP contribution in [0.25, 0.3) is 0 Å². The topological polar surface area (TPSA) is 21.3 Å². The van der Waals surface area contributed by atoms with Gasteiger partial charge in [0.2, 0.25) is 0 Å². The monoisotopic (exact) mass is 229 g/mol. The van der Waals surface area contributed by atoms with E-state index in [2.05, 4.69) is 46.9 Å². The van der Waals surface area contributed by atoms with E-state index in [9.17, 15) is 0 Å². The van der Waals surface area contributed by atoms with Crippen molar-refractivity contribution in [2.45, 2.75) is 48.0 Å². The Bertz CT molecular complexity index is 161. The van der Waals surface area contributed by atoms with E-state index < -0.39 is 0 Å². The summed E-state index contributed by atoms with van der Waals surface area (Å²) >= 11 is 0. The molecule has 0 aromatic heterocycles. The highest BCUT2D eigenvalue weighted by molar-refractivity contribution is 4.76. The molecule has 0 aromatic carbocycles. The van der Waals surface area contributed by atoms with Gasteiger partial charge in [-0.1, -0.05) is 34.6 Å². The third-order valence-corrected chi connectivity index (χ3v) is 2.98. The molecule has 0 saturated carbocycles. The summed E-state index contributed by atoms with van der Waals surface area (Å²) in [6.07, 6.45) is 1.16. The van der Waals surface area contributed by atoms with Crippen molar-refractivity contribution < 1.29 is 4.74 Å². The van der Waals surface area contributed by atoms with Crippen LogP contribution in [0.3, 0.4) is 0 Å². The van der Waals surface area contributed by atoms with E-state index in [0.29, 0.717) is 11.3 Å². The summed E-state index contributed by atoms with van der Waals surface area (Å²) in [6.45, 7) is 17.5. The highest BCUT2D eigenvalue weighted by Crippen LogP contribution is 2.28. The first kappa shape index (κ1) is 15.9. The average molecular weight is 229 g/mol. The predicted molar refractivity (Wildman–Crippen MR) is 71.8 cm³/mol. The average Bonchev–Trinajstić information content (AvgIpc) is 2.13. The predicted octanol–water partition coefficient (Wildman–Crippen LogP) is 3.32. The third kappa shape index (κ3) is 8.12. The van der Waals surface area contributed by atoms with Crippen LogP contribution in [0, 0.1) is 17.3 Å². The van der Waals surface area contributed by atoms with Gasteiger partial charge in [0.1, 0.15) is 0 Å². The molecule has 16 heavy (non-hydrogen) atoms. The lowest BCUT2D eigenvalue weighted by Gasteiger charge is -2.31. The SMILES string of the molecule is CCOCCC(CNCC(C)C)C(C)(C)C. The summed E-state index contributed by atoms with van der Waals surface area (Å²) in [7, 11) is 0. The zero-order valence-electron chi connectivity index (χ0n) is 12.1. The van der Waals surface area contributed by atoms with Crippen LogP contribution in [0.5, 0.6) is 0 Å². The maximum absolute atomic E-state index is 5.46. The maximum Gasteiger partial charge on any atom is 0.0469 e. The van der Waals surface area contributed by atoms with Crippen molar-refractivity contribution in [1.29, 1.82) is 0 Å². The van der Waals surface area contributed by atoms with E-state index >= 15 is 0 Å². The van der Waals surface area contributed by atoms with Gasteiger partial charge in [-0.25, -0.2) is 0 Å². The maximum atomic E-state index is 5.46. The first-order chi connectivity index (χ1) is 7.38. The smallest absolute Gasteiger partial charge is 0.0469 e. The van der Waals surface area contributed by atoms with Crippen LogP contribution in [0.2, 0.25) is 0 Å². The summed E-state index contributed by atoms with van der Waals surface area (Å²) in [4.78, 5) is 0. The molecule has 0 rings (SSSR count). The molecule has 2 heteroatoms. The lowest BCUT2D eigenvalue weighted by Crippen LogP contribution is -2.34. The Hall–Kier alpha value is -0.0800. The second-order valence-electron chi connectivity index (χ2n) is 6.10. The highest BCUT2D eigenvalue weighted by Gasteiger charge is 2.23. The molecule has 2 nitrogen and oxygen atoms in total. The third-order valence-electron chi connectivity index (χ3n) is 2.98. The second kappa shape index (κ2) is 8.08. The van der Waals surface area contributed by atoms with E-state index in [1.807, 2.05) is 0 Å². The first-order valence-corrected chi connectivity index (χ1v) is 6.66. The first-order valence-electron chi connectivity index (χ1n) is 6.66. The van der Waals surface area contributed by atoms with E-state index in [1.165, 1.54) is 0 Å². The fourth-order valence-corrected chi connectivity index (χ4v) is 1.76. The minimum absolute atomic E-state index is 0.362. The molecule has 0 aromatic rings. The summed E-state index contributed by atoms with van der Waals surface area (Å²) in [5, 5.41) is 3.56. The molecular weight excluding hydrogens is 198 g/mol. The van der Waals surface area contributed by atoms with E-state index in [1.54, 1.807) is 0 Å². The van der Waals surface area contributed by atoms with Gasteiger partial charge in [0.15, 0.2) is 0 Å². The van der Waals surface area contributed by atoms with Crippen molar-refractivity contribution in [3.05, 3.63) is 0 Å². The Morgan fingerprint density at radius 2 is 1.75 bits per heavy atom. The van der Waals surface area contributed by atoms with Crippen molar-refractivity contribution >= 4 is 0 Å². The highest BCUT2D eigenvalue weighted by atomic mass is 16.5. The van der Waals surface area contributed by atoms with Crippen molar-refractivity contribution in [1.82, 2.24) is 5.32 Å². The molecule has 0 aliphatic carbocycles. The molecule has 98 valence electrons. The Morgan fingerprint density at radius 1 is 1.12 bits per heavy atom. The Labute approximate surface area is 102 Å². The van der Waals surface area contributed by atoms with Gasteiger partial charge in [-0.15, -0.1) is 0 Å². The molecule has 0 amide bonds. The lowest BCUT2D eigenvalue weighted by atomic mass is 9.79. The second-order valence-corrected chi connectivity index (χ2v) is 6.10. The van der Waals surface area contributed by atoms with Crippen LogP contribution in [-0.2, 0) is 4.74 Å². The number of rotatable bonds is 8. The van der Waals surface area contributed by atoms with Crippen LogP contribution < -0.4 is 5.32 Å². The largest absolute Gasteiger partial charge is 0.382 e. The van der Waals surface area contributed by atoms with Gasteiger partial charge in [-0.05, 0) is 43.7 Å². The van der Waals surface area contributed by atoms with Crippen molar-refractivity contribution in [3.63, 3.8) is 0 Å². The molecule has 0 spiro atoms. The normalized spacial score (nSPS) is 14.4. The van der Waals surface area contributed by atoms with Crippen LogP contribution in [0.1, 0.15) is 48.0 Å². The molecule has 0 aliphatic rings.